The van der Waals surface area contributed by atoms with Crippen molar-refractivity contribution < 1.29 is 23.1 Å². The number of rotatable bonds is 3. The summed E-state index contributed by atoms with van der Waals surface area (Å²) in [5.41, 5.74) is 0.953. The third-order valence-corrected chi connectivity index (χ3v) is 3.52. The van der Waals surface area contributed by atoms with Gasteiger partial charge in [-0.15, -0.1) is 0 Å². The molecule has 5 nitrogen and oxygen atoms in total. The minimum Gasteiger partial charge on any atom is -0.438 e. The van der Waals surface area contributed by atoms with Crippen LogP contribution in [-0.2, 0) is 6.42 Å². The molecule has 0 radical (unpaired) electrons. The maximum Gasteiger partial charge on any atom is 0.289 e. The zero-order chi connectivity index (χ0) is 15.0. The van der Waals surface area contributed by atoms with E-state index in [2.05, 4.69) is 10.3 Å². The quantitative estimate of drug-likeness (QED) is 0.908. The summed E-state index contributed by atoms with van der Waals surface area (Å²) < 4.78 is 30.1. The summed E-state index contributed by atoms with van der Waals surface area (Å²) in [5.74, 6) is -1.33. The van der Waals surface area contributed by atoms with E-state index in [0.717, 1.165) is 17.5 Å². The van der Waals surface area contributed by atoms with Crippen molar-refractivity contribution in [3.63, 3.8) is 0 Å². The van der Waals surface area contributed by atoms with Crippen LogP contribution in [0.3, 0.4) is 0 Å². The highest BCUT2D eigenvalue weighted by molar-refractivity contribution is 5.92. The Morgan fingerprint density at radius 3 is 2.90 bits per heavy atom. The zero-order valence-electron chi connectivity index (χ0n) is 10.8. The van der Waals surface area contributed by atoms with Gasteiger partial charge in [-0.2, -0.15) is 0 Å². The fourth-order valence-electron chi connectivity index (χ4n) is 2.52. The van der Waals surface area contributed by atoms with Gasteiger partial charge in [0, 0.05) is 0 Å². The Labute approximate surface area is 118 Å². The molecule has 21 heavy (non-hydrogen) atoms. The maximum atomic E-state index is 12.7. The summed E-state index contributed by atoms with van der Waals surface area (Å²) in [5, 5.41) is 12.7. The first-order chi connectivity index (χ1) is 10.1. The van der Waals surface area contributed by atoms with Crippen molar-refractivity contribution in [2.75, 3.05) is 0 Å². The number of aliphatic hydroxyl groups is 1. The number of hydrogen-bond donors (Lipinski definition) is 2. The molecule has 0 saturated carbocycles. The van der Waals surface area contributed by atoms with Gasteiger partial charge in [0.2, 0.25) is 5.76 Å². The highest BCUT2D eigenvalue weighted by Gasteiger charge is 2.33. The number of carbonyl (C=O) groups excluding carboxylic acids is 1. The van der Waals surface area contributed by atoms with Crippen LogP contribution in [0, 0.1) is 0 Å². The number of alkyl halides is 2. The van der Waals surface area contributed by atoms with E-state index in [-0.39, 0.29) is 0 Å². The molecule has 2 N–H and O–H groups in total. The van der Waals surface area contributed by atoms with Crippen LogP contribution in [-0.4, -0.2) is 22.0 Å². The molecule has 2 atom stereocenters. The first-order valence-corrected chi connectivity index (χ1v) is 6.36. The summed E-state index contributed by atoms with van der Waals surface area (Å²) in [7, 11) is 0. The van der Waals surface area contributed by atoms with Gasteiger partial charge in [-0.25, -0.2) is 13.8 Å². The van der Waals surface area contributed by atoms with E-state index in [0.29, 0.717) is 6.42 Å². The zero-order valence-corrected chi connectivity index (χ0v) is 10.8. The average molecular weight is 294 g/mol. The summed E-state index contributed by atoms with van der Waals surface area (Å²) in [6.45, 7) is 0. The van der Waals surface area contributed by atoms with E-state index in [1.807, 2.05) is 12.1 Å². The summed E-state index contributed by atoms with van der Waals surface area (Å²) in [6, 6.07) is 6.67. The molecule has 1 heterocycles. The lowest BCUT2D eigenvalue weighted by Gasteiger charge is -2.16. The highest BCUT2D eigenvalue weighted by Crippen LogP contribution is 2.31. The van der Waals surface area contributed by atoms with Crippen LogP contribution in [0.25, 0.3) is 0 Å². The molecule has 0 spiro atoms. The van der Waals surface area contributed by atoms with Crippen LogP contribution >= 0.6 is 0 Å². The monoisotopic (exact) mass is 294 g/mol. The van der Waals surface area contributed by atoms with Gasteiger partial charge in [0.1, 0.15) is 0 Å². The summed E-state index contributed by atoms with van der Waals surface area (Å²) >= 11 is 0. The Balaban J connectivity index is 1.76. The standard InChI is InChI=1S/C14H12F2N2O3/c15-13(16)10-12(21-6-17-10)14(20)18-9-5-7-3-1-2-4-8(7)11(9)19/h1-4,6,9,11,13,19H,5H2,(H,18,20)/t9-,11-/m0/s1. The molecule has 1 aliphatic carbocycles. The number of aromatic nitrogens is 1. The molecule has 1 amide bonds. The number of fused-ring (bicyclic) bond motifs is 1. The predicted octanol–water partition coefficient (Wildman–Crippen LogP) is 2.00. The second-order valence-corrected chi connectivity index (χ2v) is 4.80. The highest BCUT2D eigenvalue weighted by atomic mass is 19.3. The van der Waals surface area contributed by atoms with Crippen LogP contribution in [0.2, 0.25) is 0 Å². The molecule has 7 heteroatoms. The van der Waals surface area contributed by atoms with Gasteiger partial charge in [0.15, 0.2) is 12.1 Å². The Hall–Kier alpha value is -2.28. The van der Waals surface area contributed by atoms with Gasteiger partial charge < -0.3 is 14.8 Å². The van der Waals surface area contributed by atoms with Gasteiger partial charge in [-0.3, -0.25) is 4.79 Å². The van der Waals surface area contributed by atoms with Crippen molar-refractivity contribution >= 4 is 5.91 Å². The second kappa shape index (κ2) is 5.25. The number of amides is 1. The Kier molecular flexibility index (Phi) is 3.42. The summed E-state index contributed by atoms with van der Waals surface area (Å²) in [6.07, 6.45) is -2.53. The maximum absolute atomic E-state index is 12.7. The van der Waals surface area contributed by atoms with E-state index in [1.54, 1.807) is 12.1 Å². The molecular weight excluding hydrogens is 282 g/mol. The number of hydrogen-bond acceptors (Lipinski definition) is 4. The lowest BCUT2D eigenvalue weighted by Crippen LogP contribution is -2.38. The van der Waals surface area contributed by atoms with E-state index < -0.39 is 35.9 Å². The van der Waals surface area contributed by atoms with Crippen LogP contribution < -0.4 is 5.32 Å². The molecule has 0 fully saturated rings. The lowest BCUT2D eigenvalue weighted by molar-refractivity contribution is 0.0816. The fourth-order valence-corrected chi connectivity index (χ4v) is 2.52. The molecule has 0 aliphatic heterocycles. The first-order valence-electron chi connectivity index (χ1n) is 6.36. The van der Waals surface area contributed by atoms with Gasteiger partial charge in [0.25, 0.3) is 12.3 Å². The molecule has 0 unspecified atom stereocenters. The van der Waals surface area contributed by atoms with Crippen LogP contribution in [0.1, 0.15) is 39.9 Å². The summed E-state index contributed by atoms with van der Waals surface area (Å²) in [4.78, 5) is 15.3. The SMILES string of the molecule is O=C(N[C@H]1Cc2ccccc2[C@@H]1O)c1ocnc1C(F)F. The molecule has 0 bridgehead atoms. The van der Waals surface area contributed by atoms with Gasteiger partial charge in [-0.05, 0) is 17.5 Å². The molecule has 3 rings (SSSR count). The molecule has 110 valence electrons. The molecule has 1 aliphatic rings. The first kappa shape index (κ1) is 13.7. The lowest BCUT2D eigenvalue weighted by atomic mass is 10.1. The third-order valence-electron chi connectivity index (χ3n) is 3.52. The normalized spacial score (nSPS) is 20.6. The number of aliphatic hydroxyl groups excluding tert-OH is 1. The second-order valence-electron chi connectivity index (χ2n) is 4.80. The number of halogens is 2. The number of benzene rings is 1. The third kappa shape index (κ3) is 2.40. The topological polar surface area (TPSA) is 75.4 Å². The number of nitrogens with one attached hydrogen (secondary N) is 1. The van der Waals surface area contributed by atoms with Crippen molar-refractivity contribution in [3.8, 4) is 0 Å². The molecular formula is C14H12F2N2O3. The van der Waals surface area contributed by atoms with Crippen LogP contribution in [0.15, 0.2) is 35.1 Å². The van der Waals surface area contributed by atoms with Crippen molar-refractivity contribution in [2.45, 2.75) is 25.0 Å². The molecule has 1 aromatic heterocycles. The minimum absolute atomic E-state index is 0.432. The molecule has 2 aromatic rings. The van der Waals surface area contributed by atoms with Crippen molar-refractivity contribution in [3.05, 3.63) is 53.2 Å². The van der Waals surface area contributed by atoms with E-state index >= 15 is 0 Å². The molecule has 1 aromatic carbocycles. The van der Waals surface area contributed by atoms with E-state index in [4.69, 9.17) is 4.42 Å². The number of oxazole rings is 1. The predicted molar refractivity (Wildman–Crippen MR) is 67.8 cm³/mol. The van der Waals surface area contributed by atoms with Crippen molar-refractivity contribution in [1.29, 1.82) is 0 Å². The Bertz CT molecular complexity index is 672. The molecule has 0 saturated heterocycles. The van der Waals surface area contributed by atoms with Gasteiger partial charge >= 0.3 is 0 Å². The van der Waals surface area contributed by atoms with Crippen LogP contribution in [0.5, 0.6) is 0 Å². The largest absolute Gasteiger partial charge is 0.438 e. The van der Waals surface area contributed by atoms with Crippen LogP contribution in [0.4, 0.5) is 8.78 Å². The van der Waals surface area contributed by atoms with Crippen molar-refractivity contribution in [2.24, 2.45) is 0 Å². The van der Waals surface area contributed by atoms with Gasteiger partial charge in [-0.1, -0.05) is 24.3 Å². The fraction of sp³-hybridized carbons (Fsp3) is 0.286. The number of carbonyl (C=O) groups is 1. The van der Waals surface area contributed by atoms with E-state index in [9.17, 15) is 18.7 Å². The smallest absolute Gasteiger partial charge is 0.289 e. The Morgan fingerprint density at radius 1 is 1.43 bits per heavy atom. The van der Waals surface area contributed by atoms with Crippen molar-refractivity contribution in [1.82, 2.24) is 10.3 Å². The average Bonchev–Trinajstić information content (AvgIpc) is 3.05. The van der Waals surface area contributed by atoms with E-state index in [1.165, 1.54) is 0 Å². The number of nitrogens with zero attached hydrogens (tertiary/aromatic N) is 1. The minimum atomic E-state index is -2.89. The van der Waals surface area contributed by atoms with Gasteiger partial charge in [0.05, 0.1) is 12.1 Å². The Morgan fingerprint density at radius 2 is 2.19 bits per heavy atom.